The summed E-state index contributed by atoms with van der Waals surface area (Å²) in [5, 5.41) is 0. The number of hydrogen-bond donors (Lipinski definition) is 0. The molecule has 1 aliphatic rings. The summed E-state index contributed by atoms with van der Waals surface area (Å²) < 4.78 is 0. The van der Waals surface area contributed by atoms with E-state index in [1.807, 2.05) is 0 Å². The molecule has 0 N–H and O–H groups in total. The Kier molecular flexibility index (Phi) is 8.35. The molecular formula is C24H48. The molecule has 0 aromatic carbocycles. The van der Waals surface area contributed by atoms with Crippen molar-refractivity contribution >= 4 is 0 Å². The second-order valence-corrected chi connectivity index (χ2v) is 10.2. The zero-order valence-corrected chi connectivity index (χ0v) is 18.4. The zero-order valence-electron chi connectivity index (χ0n) is 18.4. The predicted octanol–water partition coefficient (Wildman–Crippen LogP) is 8.64. The maximum absolute atomic E-state index is 2.58. The van der Waals surface area contributed by atoms with Gasteiger partial charge in [-0.1, -0.05) is 100 Å². The summed E-state index contributed by atoms with van der Waals surface area (Å²) >= 11 is 0. The van der Waals surface area contributed by atoms with Crippen LogP contribution < -0.4 is 0 Å². The zero-order chi connectivity index (χ0) is 18.4. The second-order valence-electron chi connectivity index (χ2n) is 10.2. The minimum Gasteiger partial charge on any atom is -0.0654 e. The van der Waals surface area contributed by atoms with E-state index in [4.69, 9.17) is 0 Å². The fraction of sp³-hybridized carbons (Fsp3) is 1.00. The van der Waals surface area contributed by atoms with E-state index in [0.29, 0.717) is 16.2 Å². The van der Waals surface area contributed by atoms with Crippen molar-refractivity contribution in [3.05, 3.63) is 0 Å². The van der Waals surface area contributed by atoms with Crippen LogP contribution in [0.25, 0.3) is 0 Å². The molecule has 0 nitrogen and oxygen atoms in total. The molecule has 0 aromatic heterocycles. The summed E-state index contributed by atoms with van der Waals surface area (Å²) in [5.74, 6) is 1.76. The highest BCUT2D eigenvalue weighted by Crippen LogP contribution is 2.61. The van der Waals surface area contributed by atoms with Gasteiger partial charge in [0.25, 0.3) is 0 Å². The average Bonchev–Trinajstić information content (AvgIpc) is 2.48. The van der Waals surface area contributed by atoms with E-state index in [9.17, 15) is 0 Å². The first-order valence-electron chi connectivity index (χ1n) is 11.2. The van der Waals surface area contributed by atoms with Crippen molar-refractivity contribution in [1.82, 2.24) is 0 Å². The fourth-order valence-electron chi connectivity index (χ4n) is 7.26. The van der Waals surface area contributed by atoms with Crippen molar-refractivity contribution in [3.63, 3.8) is 0 Å². The quantitative estimate of drug-likeness (QED) is 0.374. The van der Waals surface area contributed by atoms with Crippen molar-refractivity contribution in [2.45, 2.75) is 126 Å². The van der Waals surface area contributed by atoms with Crippen LogP contribution in [0.1, 0.15) is 126 Å². The maximum atomic E-state index is 2.58. The molecule has 1 rings (SSSR count). The van der Waals surface area contributed by atoms with Gasteiger partial charge in [-0.25, -0.2) is 0 Å². The van der Waals surface area contributed by atoms with E-state index in [1.54, 1.807) is 0 Å². The molecule has 0 radical (unpaired) electrons. The molecule has 1 aliphatic carbocycles. The summed E-state index contributed by atoms with van der Waals surface area (Å²) in [6.07, 6.45) is 15.6. The van der Waals surface area contributed by atoms with Crippen LogP contribution >= 0.6 is 0 Å². The van der Waals surface area contributed by atoms with Gasteiger partial charge in [0.1, 0.15) is 0 Å². The predicted molar refractivity (Wildman–Crippen MR) is 110 cm³/mol. The number of hydrogen-bond acceptors (Lipinski definition) is 0. The highest BCUT2D eigenvalue weighted by atomic mass is 14.6. The van der Waals surface area contributed by atoms with Crippen LogP contribution in [0.3, 0.4) is 0 Å². The number of rotatable bonds is 10. The van der Waals surface area contributed by atoms with E-state index in [-0.39, 0.29) is 0 Å². The third kappa shape index (κ3) is 4.59. The van der Waals surface area contributed by atoms with Crippen molar-refractivity contribution < 1.29 is 0 Å². The monoisotopic (exact) mass is 336 g/mol. The summed E-state index contributed by atoms with van der Waals surface area (Å²) in [7, 11) is 0. The second kappa shape index (κ2) is 9.09. The van der Waals surface area contributed by atoms with E-state index in [0.717, 1.165) is 11.8 Å². The molecular weight excluding hydrogens is 288 g/mol. The van der Waals surface area contributed by atoms with Gasteiger partial charge in [0.15, 0.2) is 0 Å². The molecule has 0 aliphatic heterocycles. The van der Waals surface area contributed by atoms with Gasteiger partial charge in [-0.2, -0.15) is 0 Å². The maximum Gasteiger partial charge on any atom is -0.0231 e. The smallest absolute Gasteiger partial charge is 0.0231 e. The standard InChI is InChI=1S/C24H48/c1-9-16-22(5,6)20(11-3)24(18-14-13-15-19-24)21(12-4)23(7,8)17-10-2/h20-21H,9-19H2,1-8H3. The van der Waals surface area contributed by atoms with Gasteiger partial charge >= 0.3 is 0 Å². The van der Waals surface area contributed by atoms with E-state index in [1.165, 1.54) is 70.6 Å². The van der Waals surface area contributed by atoms with Gasteiger partial charge in [0.05, 0.1) is 0 Å². The average molecular weight is 337 g/mol. The van der Waals surface area contributed by atoms with Crippen molar-refractivity contribution in [1.29, 1.82) is 0 Å². The molecule has 0 aromatic rings. The molecule has 1 fully saturated rings. The Labute approximate surface area is 154 Å². The lowest BCUT2D eigenvalue weighted by atomic mass is 9.47. The van der Waals surface area contributed by atoms with Crippen molar-refractivity contribution in [2.75, 3.05) is 0 Å². The highest BCUT2D eigenvalue weighted by Gasteiger charge is 2.52. The minimum absolute atomic E-state index is 0.483. The molecule has 0 amide bonds. The summed E-state index contributed by atoms with van der Waals surface area (Å²) in [6.45, 7) is 20.1. The fourth-order valence-corrected chi connectivity index (χ4v) is 7.26. The summed E-state index contributed by atoms with van der Waals surface area (Å²) in [4.78, 5) is 0. The Bertz CT molecular complexity index is 315. The first-order chi connectivity index (χ1) is 11.2. The Morgan fingerprint density at radius 3 is 1.33 bits per heavy atom. The third-order valence-electron chi connectivity index (χ3n) is 7.66. The highest BCUT2D eigenvalue weighted by molar-refractivity contribution is 5.02. The van der Waals surface area contributed by atoms with Crippen LogP contribution in [0.4, 0.5) is 0 Å². The van der Waals surface area contributed by atoms with E-state index >= 15 is 0 Å². The Balaban J connectivity index is 3.34. The lowest BCUT2D eigenvalue weighted by Gasteiger charge is -2.58. The molecule has 0 heteroatoms. The summed E-state index contributed by atoms with van der Waals surface area (Å²) in [5.41, 5.74) is 1.55. The van der Waals surface area contributed by atoms with Gasteiger partial charge < -0.3 is 0 Å². The Morgan fingerprint density at radius 2 is 1.04 bits per heavy atom. The molecule has 0 saturated heterocycles. The first kappa shape index (κ1) is 22.0. The molecule has 2 atom stereocenters. The largest absolute Gasteiger partial charge is 0.0654 e. The van der Waals surface area contributed by atoms with Crippen LogP contribution in [-0.4, -0.2) is 0 Å². The topological polar surface area (TPSA) is 0 Å². The Hall–Kier alpha value is 0. The molecule has 0 spiro atoms. The van der Waals surface area contributed by atoms with Crippen LogP contribution in [-0.2, 0) is 0 Å². The van der Waals surface area contributed by atoms with Gasteiger partial charge in [0, 0.05) is 0 Å². The van der Waals surface area contributed by atoms with E-state index in [2.05, 4.69) is 55.4 Å². The van der Waals surface area contributed by atoms with Crippen LogP contribution in [0.2, 0.25) is 0 Å². The van der Waals surface area contributed by atoms with Gasteiger partial charge in [-0.3, -0.25) is 0 Å². The molecule has 2 unspecified atom stereocenters. The molecule has 144 valence electrons. The summed E-state index contributed by atoms with van der Waals surface area (Å²) in [6, 6.07) is 0. The molecule has 0 bridgehead atoms. The normalized spacial score (nSPS) is 21.5. The van der Waals surface area contributed by atoms with E-state index < -0.39 is 0 Å². The third-order valence-corrected chi connectivity index (χ3v) is 7.66. The van der Waals surface area contributed by atoms with Crippen molar-refractivity contribution in [2.24, 2.45) is 28.1 Å². The lowest BCUT2D eigenvalue weighted by Crippen LogP contribution is -2.50. The molecule has 0 heterocycles. The molecule has 24 heavy (non-hydrogen) atoms. The van der Waals surface area contributed by atoms with Gasteiger partial charge in [-0.15, -0.1) is 0 Å². The van der Waals surface area contributed by atoms with Crippen LogP contribution in [0.15, 0.2) is 0 Å². The lowest BCUT2D eigenvalue weighted by molar-refractivity contribution is -0.0892. The van der Waals surface area contributed by atoms with Crippen LogP contribution in [0.5, 0.6) is 0 Å². The molecule has 1 saturated carbocycles. The minimum atomic E-state index is 0.483. The van der Waals surface area contributed by atoms with Crippen LogP contribution in [0, 0.1) is 28.1 Å². The van der Waals surface area contributed by atoms with Gasteiger partial charge in [0.2, 0.25) is 0 Å². The first-order valence-corrected chi connectivity index (χ1v) is 11.2. The Morgan fingerprint density at radius 1 is 0.667 bits per heavy atom. The van der Waals surface area contributed by atoms with Gasteiger partial charge in [-0.05, 0) is 53.8 Å². The SMILES string of the molecule is CCCC(C)(C)C(CC)C1(C(CC)C(C)(C)CCC)CCCCC1. The van der Waals surface area contributed by atoms with Crippen molar-refractivity contribution in [3.8, 4) is 0 Å².